The van der Waals surface area contributed by atoms with Crippen molar-refractivity contribution < 1.29 is 9.85 Å². The predicted molar refractivity (Wildman–Crippen MR) is 98.9 cm³/mol. The van der Waals surface area contributed by atoms with Gasteiger partial charge in [-0.25, -0.2) is 9.97 Å². The number of pyridine rings is 2. The summed E-state index contributed by atoms with van der Waals surface area (Å²) >= 11 is 6.89. The lowest BCUT2D eigenvalue weighted by atomic mass is 10.2. The van der Waals surface area contributed by atoms with E-state index in [1.807, 2.05) is 17.5 Å². The molecule has 0 aromatic carbocycles. The third kappa shape index (κ3) is 4.20. The minimum atomic E-state index is -0.662. The highest BCUT2D eigenvalue weighted by atomic mass is 35.5. The molecule has 0 radical (unpaired) electrons. The summed E-state index contributed by atoms with van der Waals surface area (Å²) in [5.41, 5.74) is 10.7. The number of thiophene rings is 1. The van der Waals surface area contributed by atoms with Crippen LogP contribution in [0.25, 0.3) is 10.4 Å². The van der Waals surface area contributed by atoms with Gasteiger partial charge in [-0.05, 0) is 23.6 Å². The molecule has 12 heteroatoms. The topological polar surface area (TPSA) is 164 Å². The molecule has 26 heavy (non-hydrogen) atoms. The van der Waals surface area contributed by atoms with Crippen LogP contribution in [-0.4, -0.2) is 19.8 Å². The number of hydrogen-bond donors (Lipinski definition) is 2. The Morgan fingerprint density at radius 3 is 2.00 bits per heavy atom. The van der Waals surface area contributed by atoms with Crippen molar-refractivity contribution in [2.75, 3.05) is 11.5 Å². The highest BCUT2D eigenvalue weighted by molar-refractivity contribution is 7.13. The monoisotopic (exact) mass is 394 g/mol. The van der Waals surface area contributed by atoms with E-state index in [1.54, 1.807) is 6.07 Å². The van der Waals surface area contributed by atoms with Crippen molar-refractivity contribution in [3.63, 3.8) is 0 Å². The molecule has 0 saturated heterocycles. The van der Waals surface area contributed by atoms with E-state index in [1.165, 1.54) is 29.8 Å². The van der Waals surface area contributed by atoms with Crippen LogP contribution in [0, 0.1) is 20.2 Å². The van der Waals surface area contributed by atoms with E-state index in [2.05, 4.69) is 9.97 Å². The summed E-state index contributed by atoms with van der Waals surface area (Å²) in [6.45, 7) is 0. The molecule has 0 aliphatic rings. The van der Waals surface area contributed by atoms with Gasteiger partial charge in [-0.1, -0.05) is 17.7 Å². The van der Waals surface area contributed by atoms with Gasteiger partial charge in [0.1, 0.15) is 5.02 Å². The Labute approximate surface area is 155 Å². The average Bonchev–Trinajstić information content (AvgIpc) is 3.08. The molecule has 0 saturated carbocycles. The minimum Gasteiger partial charge on any atom is -0.378 e. The molecule has 0 aliphatic carbocycles. The van der Waals surface area contributed by atoms with Crippen LogP contribution in [0.2, 0.25) is 5.02 Å². The maximum absolute atomic E-state index is 10.8. The second kappa shape index (κ2) is 8.18. The summed E-state index contributed by atoms with van der Waals surface area (Å²) in [6.07, 6.45) is 2.78. The van der Waals surface area contributed by atoms with E-state index in [0.717, 1.165) is 4.88 Å². The number of aromatic nitrogens is 2. The first-order chi connectivity index (χ1) is 12.3. The van der Waals surface area contributed by atoms with Crippen LogP contribution < -0.4 is 11.5 Å². The zero-order chi connectivity index (χ0) is 19.3. The SMILES string of the molecule is Nc1nccc(-c2cccs2)c1[N+](=O)[O-].Nc1nccc(Cl)c1[N+](=O)[O-]. The Morgan fingerprint density at radius 1 is 0.962 bits per heavy atom. The second-order valence-corrected chi connectivity index (χ2v) is 5.97. The molecule has 3 heterocycles. The van der Waals surface area contributed by atoms with Crippen molar-refractivity contribution in [2.45, 2.75) is 0 Å². The van der Waals surface area contributed by atoms with Gasteiger partial charge in [-0.2, -0.15) is 0 Å². The number of nitrogens with two attached hydrogens (primary N) is 2. The molecule has 134 valence electrons. The van der Waals surface area contributed by atoms with E-state index in [4.69, 9.17) is 23.1 Å². The van der Waals surface area contributed by atoms with Crippen molar-refractivity contribution in [3.05, 3.63) is 67.3 Å². The Kier molecular flexibility index (Phi) is 5.98. The van der Waals surface area contributed by atoms with Crippen LogP contribution in [-0.2, 0) is 0 Å². The molecule has 0 spiro atoms. The highest BCUT2D eigenvalue weighted by Crippen LogP contribution is 2.35. The zero-order valence-corrected chi connectivity index (χ0v) is 14.5. The summed E-state index contributed by atoms with van der Waals surface area (Å²) in [5.74, 6) is -0.214. The van der Waals surface area contributed by atoms with Gasteiger partial charge in [0.2, 0.25) is 11.6 Å². The van der Waals surface area contributed by atoms with Gasteiger partial charge in [0, 0.05) is 17.3 Å². The van der Waals surface area contributed by atoms with E-state index >= 15 is 0 Å². The van der Waals surface area contributed by atoms with Crippen LogP contribution in [0.4, 0.5) is 23.0 Å². The maximum atomic E-state index is 10.8. The van der Waals surface area contributed by atoms with Crippen LogP contribution in [0.15, 0.2) is 42.0 Å². The van der Waals surface area contributed by atoms with Crippen molar-refractivity contribution in [1.82, 2.24) is 9.97 Å². The molecule has 10 nitrogen and oxygen atoms in total. The van der Waals surface area contributed by atoms with Gasteiger partial charge in [-0.15, -0.1) is 11.3 Å². The molecule has 0 fully saturated rings. The largest absolute Gasteiger partial charge is 0.378 e. The number of nitrogen functional groups attached to an aromatic ring is 2. The lowest BCUT2D eigenvalue weighted by Gasteiger charge is -2.01. The van der Waals surface area contributed by atoms with E-state index in [9.17, 15) is 20.2 Å². The molecule has 0 aliphatic heterocycles. The van der Waals surface area contributed by atoms with Crippen molar-refractivity contribution in [1.29, 1.82) is 0 Å². The summed E-state index contributed by atoms with van der Waals surface area (Å²) in [7, 11) is 0. The first kappa shape index (κ1) is 19.0. The molecule has 0 bridgehead atoms. The summed E-state index contributed by atoms with van der Waals surface area (Å²) in [4.78, 5) is 27.9. The summed E-state index contributed by atoms with van der Waals surface area (Å²) < 4.78 is 0. The number of halogens is 1. The number of nitrogens with zero attached hydrogens (tertiary/aromatic N) is 4. The Balaban J connectivity index is 0.000000197. The predicted octanol–water partition coefficient (Wildman–Crippen LogP) is 3.53. The third-order valence-corrected chi connectivity index (χ3v) is 4.22. The van der Waals surface area contributed by atoms with Crippen LogP contribution >= 0.6 is 22.9 Å². The van der Waals surface area contributed by atoms with Crippen LogP contribution in [0.5, 0.6) is 0 Å². The standard InChI is InChI=1S/C9H7N3O2S.C5H4ClN3O2/c10-9-8(12(13)14)6(3-4-11-9)7-2-1-5-15-7;6-3-1-2-8-5(7)4(3)9(10)11/h1-5H,(H2,10,11);1-2H,(H2,7,8). The zero-order valence-electron chi connectivity index (χ0n) is 12.9. The van der Waals surface area contributed by atoms with Gasteiger partial charge < -0.3 is 11.5 Å². The average molecular weight is 395 g/mol. The van der Waals surface area contributed by atoms with E-state index in [0.29, 0.717) is 5.56 Å². The molecule has 0 amide bonds. The fourth-order valence-corrected chi connectivity index (χ4v) is 2.89. The second-order valence-electron chi connectivity index (χ2n) is 4.61. The third-order valence-electron chi connectivity index (χ3n) is 3.01. The lowest BCUT2D eigenvalue weighted by Crippen LogP contribution is -1.99. The molecule has 0 unspecified atom stereocenters. The van der Waals surface area contributed by atoms with Gasteiger partial charge >= 0.3 is 11.4 Å². The quantitative estimate of drug-likeness (QED) is 0.502. The molecular weight excluding hydrogens is 384 g/mol. The normalized spacial score (nSPS) is 9.88. The minimum absolute atomic E-state index is 0.00231. The number of nitro groups is 2. The highest BCUT2D eigenvalue weighted by Gasteiger charge is 2.20. The Bertz CT molecular complexity index is 930. The van der Waals surface area contributed by atoms with Crippen molar-refractivity contribution in [2.24, 2.45) is 0 Å². The Morgan fingerprint density at radius 2 is 1.54 bits per heavy atom. The number of anilines is 2. The number of rotatable bonds is 3. The summed E-state index contributed by atoms with van der Waals surface area (Å²) in [6, 6.07) is 6.56. The first-order valence-electron chi connectivity index (χ1n) is 6.80. The first-order valence-corrected chi connectivity index (χ1v) is 8.05. The van der Waals surface area contributed by atoms with Crippen molar-refractivity contribution in [3.8, 4) is 10.4 Å². The lowest BCUT2D eigenvalue weighted by molar-refractivity contribution is -0.384. The molecule has 3 aromatic heterocycles. The van der Waals surface area contributed by atoms with Gasteiger partial charge in [-0.3, -0.25) is 20.2 Å². The fraction of sp³-hybridized carbons (Fsp3) is 0. The molecule has 3 aromatic rings. The maximum Gasteiger partial charge on any atom is 0.329 e. The number of hydrogen-bond acceptors (Lipinski definition) is 9. The summed E-state index contributed by atoms with van der Waals surface area (Å²) in [5, 5.41) is 22.9. The van der Waals surface area contributed by atoms with Crippen LogP contribution in [0.3, 0.4) is 0 Å². The smallest absolute Gasteiger partial charge is 0.329 e. The van der Waals surface area contributed by atoms with Crippen molar-refractivity contribution >= 4 is 45.9 Å². The molecular formula is C14H11ClN6O4S. The van der Waals surface area contributed by atoms with E-state index < -0.39 is 9.85 Å². The molecule has 3 rings (SSSR count). The van der Waals surface area contributed by atoms with Gasteiger partial charge in [0.05, 0.1) is 15.4 Å². The molecule has 0 atom stereocenters. The Hall–Kier alpha value is -3.31. The molecule has 4 N–H and O–H groups in total. The van der Waals surface area contributed by atoms with E-state index in [-0.39, 0.29) is 28.0 Å². The van der Waals surface area contributed by atoms with Crippen LogP contribution in [0.1, 0.15) is 0 Å². The van der Waals surface area contributed by atoms with Gasteiger partial charge in [0.25, 0.3) is 0 Å². The van der Waals surface area contributed by atoms with Gasteiger partial charge in [0.15, 0.2) is 0 Å². The fourth-order valence-electron chi connectivity index (χ4n) is 1.92.